The fourth-order valence-electron chi connectivity index (χ4n) is 2.67. The number of amides is 1. The molecule has 2 heterocycles. The Balaban J connectivity index is 1.60. The largest absolute Gasteiger partial charge is 0.418 e. The summed E-state index contributed by atoms with van der Waals surface area (Å²) in [5.74, 6) is 0.985. The standard InChI is InChI=1S/C17H19N3O2/c1-13-6-5-11-20(13)14-9-10-16(18-12-14)19-17(21)22-15-7-3-2-4-8-15/h2-4,7-10,12-13H,5-6,11H2,1H3,(H,18,19,21)/t13-/m1/s1. The van der Waals surface area contributed by atoms with Crippen molar-refractivity contribution in [3.05, 3.63) is 48.7 Å². The van der Waals surface area contributed by atoms with Gasteiger partial charge in [-0.05, 0) is 44.0 Å². The van der Waals surface area contributed by atoms with Gasteiger partial charge in [0.15, 0.2) is 0 Å². The van der Waals surface area contributed by atoms with E-state index in [2.05, 4.69) is 22.1 Å². The second kappa shape index (κ2) is 6.47. The highest BCUT2D eigenvalue weighted by molar-refractivity contribution is 5.85. The zero-order chi connectivity index (χ0) is 15.4. The molecular weight excluding hydrogens is 278 g/mol. The molecule has 114 valence electrons. The van der Waals surface area contributed by atoms with Crippen molar-refractivity contribution in [2.75, 3.05) is 16.8 Å². The maximum absolute atomic E-state index is 11.8. The first-order valence-corrected chi connectivity index (χ1v) is 7.49. The number of rotatable bonds is 3. The van der Waals surface area contributed by atoms with Crippen LogP contribution in [-0.4, -0.2) is 23.7 Å². The van der Waals surface area contributed by atoms with Crippen LogP contribution in [0.1, 0.15) is 19.8 Å². The number of carbonyl (C=O) groups excluding carboxylic acids is 1. The third-order valence-corrected chi connectivity index (χ3v) is 3.82. The Morgan fingerprint density at radius 2 is 2.09 bits per heavy atom. The summed E-state index contributed by atoms with van der Waals surface area (Å²) in [6, 6.07) is 13.3. The van der Waals surface area contributed by atoms with E-state index in [4.69, 9.17) is 4.74 Å². The van der Waals surface area contributed by atoms with E-state index in [1.54, 1.807) is 24.4 Å². The van der Waals surface area contributed by atoms with Crippen molar-refractivity contribution in [1.29, 1.82) is 0 Å². The lowest BCUT2D eigenvalue weighted by Gasteiger charge is -2.23. The van der Waals surface area contributed by atoms with E-state index in [9.17, 15) is 4.79 Å². The summed E-state index contributed by atoms with van der Waals surface area (Å²) in [6.07, 6.45) is 3.68. The van der Waals surface area contributed by atoms with Gasteiger partial charge in [0.1, 0.15) is 11.6 Å². The van der Waals surface area contributed by atoms with Crippen LogP contribution in [0, 0.1) is 0 Å². The quantitative estimate of drug-likeness (QED) is 0.939. The van der Waals surface area contributed by atoms with E-state index in [1.807, 2.05) is 24.3 Å². The fourth-order valence-corrected chi connectivity index (χ4v) is 2.67. The molecule has 1 aromatic heterocycles. The van der Waals surface area contributed by atoms with Gasteiger partial charge in [0, 0.05) is 12.6 Å². The predicted molar refractivity (Wildman–Crippen MR) is 86.4 cm³/mol. The van der Waals surface area contributed by atoms with Gasteiger partial charge in [-0.15, -0.1) is 0 Å². The molecule has 1 N–H and O–H groups in total. The van der Waals surface area contributed by atoms with Crippen LogP contribution in [0.3, 0.4) is 0 Å². The zero-order valence-corrected chi connectivity index (χ0v) is 12.5. The second-order valence-corrected chi connectivity index (χ2v) is 5.41. The number of para-hydroxylation sites is 1. The number of nitrogens with zero attached hydrogens (tertiary/aromatic N) is 2. The average Bonchev–Trinajstić information content (AvgIpc) is 2.95. The van der Waals surface area contributed by atoms with Crippen LogP contribution in [0.25, 0.3) is 0 Å². The maximum atomic E-state index is 11.8. The summed E-state index contributed by atoms with van der Waals surface area (Å²) in [7, 11) is 0. The number of carbonyl (C=O) groups is 1. The normalized spacial score (nSPS) is 17.3. The molecule has 3 rings (SSSR count). The van der Waals surface area contributed by atoms with Gasteiger partial charge in [-0.3, -0.25) is 5.32 Å². The topological polar surface area (TPSA) is 54.5 Å². The Hall–Kier alpha value is -2.56. The molecule has 1 atom stereocenters. The fraction of sp³-hybridized carbons (Fsp3) is 0.294. The lowest BCUT2D eigenvalue weighted by atomic mass is 10.2. The molecule has 0 spiro atoms. The predicted octanol–water partition coefficient (Wildman–Crippen LogP) is 3.68. The molecule has 1 saturated heterocycles. The molecule has 5 heteroatoms. The summed E-state index contributed by atoms with van der Waals surface area (Å²) >= 11 is 0. The van der Waals surface area contributed by atoms with Crippen LogP contribution in [0.5, 0.6) is 5.75 Å². The van der Waals surface area contributed by atoms with Crippen molar-refractivity contribution in [2.45, 2.75) is 25.8 Å². The number of ether oxygens (including phenoxy) is 1. The molecule has 0 radical (unpaired) electrons. The van der Waals surface area contributed by atoms with E-state index in [1.165, 1.54) is 12.8 Å². The number of anilines is 2. The van der Waals surface area contributed by atoms with Crippen molar-refractivity contribution in [3.8, 4) is 5.75 Å². The van der Waals surface area contributed by atoms with Crippen molar-refractivity contribution in [2.24, 2.45) is 0 Å². The zero-order valence-electron chi connectivity index (χ0n) is 12.5. The number of nitrogens with one attached hydrogen (secondary N) is 1. The highest BCUT2D eigenvalue weighted by atomic mass is 16.6. The first-order chi connectivity index (χ1) is 10.7. The minimum Gasteiger partial charge on any atom is -0.410 e. The lowest BCUT2D eigenvalue weighted by Crippen LogP contribution is -2.26. The number of aromatic nitrogens is 1. The van der Waals surface area contributed by atoms with Gasteiger partial charge in [-0.25, -0.2) is 9.78 Å². The smallest absolute Gasteiger partial charge is 0.410 e. The molecule has 22 heavy (non-hydrogen) atoms. The number of benzene rings is 1. The molecule has 1 fully saturated rings. The van der Waals surface area contributed by atoms with E-state index in [-0.39, 0.29) is 0 Å². The van der Waals surface area contributed by atoms with Gasteiger partial charge >= 0.3 is 6.09 Å². The Kier molecular flexibility index (Phi) is 4.23. The van der Waals surface area contributed by atoms with E-state index in [0.29, 0.717) is 17.6 Å². The third kappa shape index (κ3) is 3.36. The minimum atomic E-state index is -0.541. The highest BCUT2D eigenvalue weighted by Gasteiger charge is 2.20. The summed E-state index contributed by atoms with van der Waals surface area (Å²) in [4.78, 5) is 18.4. The molecule has 0 unspecified atom stereocenters. The Bertz CT molecular complexity index is 628. The highest BCUT2D eigenvalue weighted by Crippen LogP contribution is 2.25. The van der Waals surface area contributed by atoms with E-state index >= 15 is 0 Å². The van der Waals surface area contributed by atoms with Gasteiger partial charge in [0.05, 0.1) is 11.9 Å². The molecule has 1 aromatic carbocycles. The number of hydrogen-bond acceptors (Lipinski definition) is 4. The molecular formula is C17H19N3O2. The lowest BCUT2D eigenvalue weighted by molar-refractivity contribution is 0.215. The van der Waals surface area contributed by atoms with Gasteiger partial charge in [0.25, 0.3) is 0 Å². The van der Waals surface area contributed by atoms with Gasteiger partial charge in [0.2, 0.25) is 0 Å². The van der Waals surface area contributed by atoms with Crippen LogP contribution in [-0.2, 0) is 0 Å². The Morgan fingerprint density at radius 3 is 2.73 bits per heavy atom. The van der Waals surface area contributed by atoms with Gasteiger partial charge in [-0.2, -0.15) is 0 Å². The number of pyridine rings is 1. The molecule has 0 aliphatic carbocycles. The van der Waals surface area contributed by atoms with Crippen LogP contribution in [0.15, 0.2) is 48.7 Å². The van der Waals surface area contributed by atoms with Gasteiger partial charge in [-0.1, -0.05) is 18.2 Å². The summed E-state index contributed by atoms with van der Waals surface area (Å²) in [5.41, 5.74) is 1.09. The van der Waals surface area contributed by atoms with Crippen molar-refractivity contribution < 1.29 is 9.53 Å². The summed E-state index contributed by atoms with van der Waals surface area (Å²) < 4.78 is 5.16. The van der Waals surface area contributed by atoms with Gasteiger partial charge < -0.3 is 9.64 Å². The van der Waals surface area contributed by atoms with E-state index in [0.717, 1.165) is 12.2 Å². The second-order valence-electron chi connectivity index (χ2n) is 5.41. The molecule has 1 aliphatic heterocycles. The molecule has 0 bridgehead atoms. The van der Waals surface area contributed by atoms with Crippen molar-refractivity contribution >= 4 is 17.6 Å². The molecule has 2 aromatic rings. The molecule has 0 saturated carbocycles. The maximum Gasteiger partial charge on any atom is 0.418 e. The first-order valence-electron chi connectivity index (χ1n) is 7.49. The van der Waals surface area contributed by atoms with Crippen molar-refractivity contribution in [1.82, 2.24) is 4.98 Å². The van der Waals surface area contributed by atoms with Crippen LogP contribution < -0.4 is 15.0 Å². The Labute approximate surface area is 129 Å². The molecule has 1 aliphatic rings. The van der Waals surface area contributed by atoms with E-state index < -0.39 is 6.09 Å². The van der Waals surface area contributed by atoms with Crippen LogP contribution >= 0.6 is 0 Å². The van der Waals surface area contributed by atoms with Crippen LogP contribution in [0.4, 0.5) is 16.3 Å². The summed E-state index contributed by atoms with van der Waals surface area (Å²) in [5, 5.41) is 2.63. The van der Waals surface area contributed by atoms with Crippen LogP contribution in [0.2, 0.25) is 0 Å². The SMILES string of the molecule is C[C@@H]1CCCN1c1ccc(NC(=O)Oc2ccccc2)nc1. The van der Waals surface area contributed by atoms with Crippen molar-refractivity contribution in [3.63, 3.8) is 0 Å². The first kappa shape index (κ1) is 14.4. The molecule has 5 nitrogen and oxygen atoms in total. The average molecular weight is 297 g/mol. The number of hydrogen-bond donors (Lipinski definition) is 1. The third-order valence-electron chi connectivity index (χ3n) is 3.82. The minimum absolute atomic E-state index is 0.483. The Morgan fingerprint density at radius 1 is 1.27 bits per heavy atom. The summed E-state index contributed by atoms with van der Waals surface area (Å²) in [6.45, 7) is 3.28. The molecule has 1 amide bonds. The monoisotopic (exact) mass is 297 g/mol.